The van der Waals surface area contributed by atoms with Gasteiger partial charge in [0.2, 0.25) is 0 Å². The molecule has 0 spiro atoms. The predicted molar refractivity (Wildman–Crippen MR) is 96.7 cm³/mol. The SMILES string of the molecule is CCCNC(CCN(C)C(C)C(C)C)c1ccc(Br)cc1. The molecular formula is C18H31BrN2. The Hall–Kier alpha value is -0.380. The van der Waals surface area contributed by atoms with Crippen LogP contribution < -0.4 is 5.32 Å². The van der Waals surface area contributed by atoms with Gasteiger partial charge in [-0.1, -0.05) is 48.8 Å². The molecule has 0 heterocycles. The standard InChI is InChI=1S/C18H31BrN2/c1-6-12-20-18(16-7-9-17(19)10-8-16)11-13-21(5)15(4)14(2)3/h7-10,14-15,18,20H,6,11-13H2,1-5H3. The number of nitrogens with zero attached hydrogens (tertiary/aromatic N) is 1. The van der Waals surface area contributed by atoms with E-state index in [4.69, 9.17) is 0 Å². The summed E-state index contributed by atoms with van der Waals surface area (Å²) >= 11 is 3.52. The zero-order valence-corrected chi connectivity index (χ0v) is 15.8. The maximum atomic E-state index is 3.69. The van der Waals surface area contributed by atoms with E-state index in [9.17, 15) is 0 Å². The highest BCUT2D eigenvalue weighted by Gasteiger charge is 2.16. The summed E-state index contributed by atoms with van der Waals surface area (Å²) in [7, 11) is 2.24. The minimum atomic E-state index is 0.444. The van der Waals surface area contributed by atoms with E-state index in [1.165, 1.54) is 12.0 Å². The van der Waals surface area contributed by atoms with Gasteiger partial charge in [-0.3, -0.25) is 0 Å². The molecule has 21 heavy (non-hydrogen) atoms. The van der Waals surface area contributed by atoms with Gasteiger partial charge in [-0.2, -0.15) is 0 Å². The second kappa shape index (κ2) is 9.60. The minimum absolute atomic E-state index is 0.444. The molecule has 0 aromatic heterocycles. The molecular weight excluding hydrogens is 324 g/mol. The smallest absolute Gasteiger partial charge is 0.0332 e. The van der Waals surface area contributed by atoms with Crippen molar-refractivity contribution in [2.75, 3.05) is 20.1 Å². The fraction of sp³-hybridized carbons (Fsp3) is 0.667. The molecule has 1 rings (SSSR count). The zero-order chi connectivity index (χ0) is 15.8. The Morgan fingerprint density at radius 1 is 1.14 bits per heavy atom. The van der Waals surface area contributed by atoms with Crippen molar-refractivity contribution in [3.05, 3.63) is 34.3 Å². The van der Waals surface area contributed by atoms with Crippen LogP contribution in [0, 0.1) is 5.92 Å². The summed E-state index contributed by atoms with van der Waals surface area (Å²) in [6.07, 6.45) is 2.32. The van der Waals surface area contributed by atoms with Gasteiger partial charge >= 0.3 is 0 Å². The molecule has 1 aromatic rings. The van der Waals surface area contributed by atoms with Crippen LogP contribution in [0.1, 0.15) is 52.1 Å². The number of nitrogens with one attached hydrogen (secondary N) is 1. The number of hydrogen-bond acceptors (Lipinski definition) is 2. The average Bonchev–Trinajstić information content (AvgIpc) is 2.47. The Labute approximate surface area is 139 Å². The van der Waals surface area contributed by atoms with Crippen molar-refractivity contribution < 1.29 is 0 Å². The van der Waals surface area contributed by atoms with Crippen molar-refractivity contribution in [1.29, 1.82) is 0 Å². The van der Waals surface area contributed by atoms with Crippen LogP contribution in [0.25, 0.3) is 0 Å². The van der Waals surface area contributed by atoms with Gasteiger partial charge < -0.3 is 10.2 Å². The first kappa shape index (κ1) is 18.7. The van der Waals surface area contributed by atoms with Gasteiger partial charge in [0.1, 0.15) is 0 Å². The highest BCUT2D eigenvalue weighted by Crippen LogP contribution is 2.21. The van der Waals surface area contributed by atoms with Gasteiger partial charge in [-0.05, 0) is 63.5 Å². The van der Waals surface area contributed by atoms with Crippen molar-refractivity contribution in [2.45, 2.75) is 52.6 Å². The van der Waals surface area contributed by atoms with E-state index in [0.717, 1.165) is 24.0 Å². The maximum absolute atomic E-state index is 3.69. The fourth-order valence-corrected chi connectivity index (χ4v) is 2.71. The van der Waals surface area contributed by atoms with Gasteiger partial charge in [0.25, 0.3) is 0 Å². The van der Waals surface area contributed by atoms with Gasteiger partial charge in [-0.25, -0.2) is 0 Å². The maximum Gasteiger partial charge on any atom is 0.0332 e. The molecule has 0 aliphatic rings. The lowest BCUT2D eigenvalue weighted by molar-refractivity contribution is 0.198. The molecule has 2 atom stereocenters. The van der Waals surface area contributed by atoms with E-state index >= 15 is 0 Å². The van der Waals surface area contributed by atoms with E-state index in [0.29, 0.717) is 18.0 Å². The first-order valence-electron chi connectivity index (χ1n) is 8.14. The first-order valence-corrected chi connectivity index (χ1v) is 8.94. The van der Waals surface area contributed by atoms with E-state index in [1.807, 2.05) is 0 Å². The molecule has 2 nitrogen and oxygen atoms in total. The highest BCUT2D eigenvalue weighted by molar-refractivity contribution is 9.10. The third-order valence-corrected chi connectivity index (χ3v) is 4.87. The first-order chi connectivity index (χ1) is 9.95. The molecule has 1 aromatic carbocycles. The van der Waals surface area contributed by atoms with Gasteiger partial charge in [0.05, 0.1) is 0 Å². The average molecular weight is 355 g/mol. The summed E-state index contributed by atoms with van der Waals surface area (Å²) in [6, 6.07) is 9.79. The summed E-state index contributed by atoms with van der Waals surface area (Å²) in [5, 5.41) is 3.69. The monoisotopic (exact) mass is 354 g/mol. The van der Waals surface area contributed by atoms with Crippen LogP contribution in [0.15, 0.2) is 28.7 Å². The number of benzene rings is 1. The molecule has 3 heteroatoms. The molecule has 0 aliphatic heterocycles. The van der Waals surface area contributed by atoms with Crippen molar-refractivity contribution in [3.8, 4) is 0 Å². The Balaban J connectivity index is 2.64. The molecule has 1 N–H and O–H groups in total. The van der Waals surface area contributed by atoms with Gasteiger partial charge in [-0.15, -0.1) is 0 Å². The van der Waals surface area contributed by atoms with Crippen molar-refractivity contribution >= 4 is 15.9 Å². The van der Waals surface area contributed by atoms with Crippen molar-refractivity contribution in [1.82, 2.24) is 10.2 Å². The number of hydrogen-bond donors (Lipinski definition) is 1. The second-order valence-corrected chi connectivity index (χ2v) is 7.23. The van der Waals surface area contributed by atoms with Crippen LogP contribution in [0.2, 0.25) is 0 Å². The number of rotatable bonds is 9. The highest BCUT2D eigenvalue weighted by atomic mass is 79.9. The van der Waals surface area contributed by atoms with Crippen LogP contribution in [0.3, 0.4) is 0 Å². The van der Waals surface area contributed by atoms with Crippen LogP contribution in [0.4, 0.5) is 0 Å². The molecule has 0 bridgehead atoms. The Morgan fingerprint density at radius 3 is 2.29 bits per heavy atom. The second-order valence-electron chi connectivity index (χ2n) is 6.31. The summed E-state index contributed by atoms with van der Waals surface area (Å²) in [5.74, 6) is 0.699. The zero-order valence-electron chi connectivity index (χ0n) is 14.2. The van der Waals surface area contributed by atoms with Crippen LogP contribution >= 0.6 is 15.9 Å². The molecule has 0 aliphatic carbocycles. The summed E-state index contributed by atoms with van der Waals surface area (Å²) in [4.78, 5) is 2.48. The quantitative estimate of drug-likeness (QED) is 0.681. The summed E-state index contributed by atoms with van der Waals surface area (Å²) < 4.78 is 1.14. The third kappa shape index (κ3) is 6.50. The lowest BCUT2D eigenvalue weighted by atomic mass is 10.0. The summed E-state index contributed by atoms with van der Waals surface area (Å²) in [6.45, 7) is 11.3. The van der Waals surface area contributed by atoms with Gasteiger partial charge in [0.15, 0.2) is 0 Å². The van der Waals surface area contributed by atoms with Crippen LogP contribution in [-0.4, -0.2) is 31.1 Å². The lowest BCUT2D eigenvalue weighted by Gasteiger charge is -2.30. The molecule has 0 saturated carbocycles. The van der Waals surface area contributed by atoms with E-state index in [-0.39, 0.29) is 0 Å². The van der Waals surface area contributed by atoms with Gasteiger partial charge in [0, 0.05) is 16.6 Å². The molecule has 0 saturated heterocycles. The molecule has 120 valence electrons. The van der Waals surface area contributed by atoms with Crippen molar-refractivity contribution in [2.24, 2.45) is 5.92 Å². The molecule has 0 amide bonds. The Morgan fingerprint density at radius 2 is 1.76 bits per heavy atom. The predicted octanol–water partition coefficient (Wildman–Crippen LogP) is 4.86. The normalized spacial score (nSPS) is 14.7. The third-order valence-electron chi connectivity index (χ3n) is 4.34. The fourth-order valence-electron chi connectivity index (χ4n) is 2.45. The Kier molecular flexibility index (Phi) is 8.53. The van der Waals surface area contributed by atoms with Crippen molar-refractivity contribution in [3.63, 3.8) is 0 Å². The molecule has 2 unspecified atom stereocenters. The van der Waals surface area contributed by atoms with E-state index in [2.05, 4.69) is 85.2 Å². The van der Waals surface area contributed by atoms with E-state index in [1.54, 1.807) is 0 Å². The van der Waals surface area contributed by atoms with Crippen LogP contribution in [-0.2, 0) is 0 Å². The Bertz CT molecular complexity index is 389. The van der Waals surface area contributed by atoms with Crippen LogP contribution in [0.5, 0.6) is 0 Å². The minimum Gasteiger partial charge on any atom is -0.310 e. The topological polar surface area (TPSA) is 15.3 Å². The molecule has 0 fully saturated rings. The largest absolute Gasteiger partial charge is 0.310 e. The summed E-state index contributed by atoms with van der Waals surface area (Å²) in [5.41, 5.74) is 1.39. The molecule has 0 radical (unpaired) electrons. The lowest BCUT2D eigenvalue weighted by Crippen LogP contribution is -2.36. The van der Waals surface area contributed by atoms with E-state index < -0.39 is 0 Å². The number of halogens is 1.